The van der Waals surface area contributed by atoms with Crippen LogP contribution in [0, 0.1) is 0 Å². The van der Waals surface area contributed by atoms with Crippen LogP contribution in [0.2, 0.25) is 0 Å². The molecular formula is C22H24F3N3O3. The first-order valence-corrected chi connectivity index (χ1v) is 10.0. The van der Waals surface area contributed by atoms with Crippen molar-refractivity contribution in [3.8, 4) is 0 Å². The van der Waals surface area contributed by atoms with Crippen molar-refractivity contribution in [2.45, 2.75) is 43.9 Å². The molecule has 2 aromatic carbocycles. The van der Waals surface area contributed by atoms with Crippen LogP contribution in [0.15, 0.2) is 48.5 Å². The fourth-order valence-electron chi connectivity index (χ4n) is 3.52. The summed E-state index contributed by atoms with van der Waals surface area (Å²) in [6.45, 7) is -0.576. The standard InChI is InChI=1S/C22H24F3N3O3/c23-22(24,25)14-6-5-9-16(12-14)26-18-11-4-3-10-17(18)20(30)28-19(13-29)21(31)27-15-7-1-2-8-15/h3-6,9-12,15,19,26,29H,1-2,7-8,13H2,(H,27,31)(H,28,30)/t19-/m0/s1. The molecule has 9 heteroatoms. The smallest absolute Gasteiger partial charge is 0.394 e. The largest absolute Gasteiger partial charge is 0.416 e. The number of rotatable bonds is 7. The molecule has 0 saturated heterocycles. The Hall–Kier alpha value is -3.07. The van der Waals surface area contributed by atoms with Crippen LogP contribution in [0.25, 0.3) is 0 Å². The molecule has 31 heavy (non-hydrogen) atoms. The van der Waals surface area contributed by atoms with Gasteiger partial charge in [0.05, 0.1) is 23.4 Å². The minimum absolute atomic E-state index is 0.0355. The first-order valence-electron chi connectivity index (χ1n) is 10.0. The van der Waals surface area contributed by atoms with Gasteiger partial charge in [-0.1, -0.05) is 31.0 Å². The van der Waals surface area contributed by atoms with Gasteiger partial charge < -0.3 is 21.1 Å². The predicted molar refractivity (Wildman–Crippen MR) is 110 cm³/mol. The van der Waals surface area contributed by atoms with E-state index in [1.54, 1.807) is 18.2 Å². The van der Waals surface area contributed by atoms with Gasteiger partial charge in [-0.05, 0) is 43.2 Å². The number of nitrogens with one attached hydrogen (secondary N) is 3. The van der Waals surface area contributed by atoms with E-state index in [0.717, 1.165) is 37.8 Å². The zero-order valence-corrected chi connectivity index (χ0v) is 16.7. The number of hydrogen-bond acceptors (Lipinski definition) is 4. The Kier molecular flexibility index (Phi) is 7.17. The summed E-state index contributed by atoms with van der Waals surface area (Å²) < 4.78 is 38.9. The number of carbonyl (C=O) groups is 2. The van der Waals surface area contributed by atoms with E-state index in [9.17, 15) is 27.9 Å². The molecule has 3 rings (SSSR count). The van der Waals surface area contributed by atoms with Gasteiger partial charge >= 0.3 is 6.18 Å². The lowest BCUT2D eigenvalue weighted by Gasteiger charge is -2.20. The highest BCUT2D eigenvalue weighted by Crippen LogP contribution is 2.31. The summed E-state index contributed by atoms with van der Waals surface area (Å²) in [5, 5.41) is 17.7. The maximum absolute atomic E-state index is 13.0. The van der Waals surface area contributed by atoms with Crippen LogP contribution in [0.1, 0.15) is 41.6 Å². The molecule has 4 N–H and O–H groups in total. The Bertz CT molecular complexity index is 927. The molecule has 0 aromatic heterocycles. The van der Waals surface area contributed by atoms with E-state index in [0.29, 0.717) is 0 Å². The molecule has 0 unspecified atom stereocenters. The number of halogens is 3. The fourth-order valence-corrected chi connectivity index (χ4v) is 3.52. The molecule has 166 valence electrons. The van der Waals surface area contributed by atoms with E-state index < -0.39 is 36.2 Å². The van der Waals surface area contributed by atoms with Crippen LogP contribution in [0.3, 0.4) is 0 Å². The third kappa shape index (κ3) is 5.97. The molecule has 1 aliphatic carbocycles. The molecule has 1 fully saturated rings. The SMILES string of the molecule is O=C(N[C@@H](CO)C(=O)NC1CCCC1)c1ccccc1Nc1cccc(C(F)(F)F)c1. The van der Waals surface area contributed by atoms with Crippen LogP contribution in [-0.2, 0) is 11.0 Å². The molecule has 0 aliphatic heterocycles. The van der Waals surface area contributed by atoms with Gasteiger partial charge in [-0.15, -0.1) is 0 Å². The van der Waals surface area contributed by atoms with Gasteiger partial charge in [0.15, 0.2) is 0 Å². The van der Waals surface area contributed by atoms with E-state index in [4.69, 9.17) is 0 Å². The first kappa shape index (κ1) is 22.6. The van der Waals surface area contributed by atoms with Gasteiger partial charge in [-0.3, -0.25) is 9.59 Å². The summed E-state index contributed by atoms with van der Waals surface area (Å²) in [5.41, 5.74) is -0.254. The van der Waals surface area contributed by atoms with Gasteiger partial charge in [0.2, 0.25) is 5.91 Å². The second kappa shape index (κ2) is 9.82. The summed E-state index contributed by atoms with van der Waals surface area (Å²) in [6, 6.07) is 9.78. The number of aliphatic hydroxyl groups is 1. The highest BCUT2D eigenvalue weighted by Gasteiger charge is 2.30. The lowest BCUT2D eigenvalue weighted by atomic mass is 10.1. The number of benzene rings is 2. The normalized spacial score (nSPS) is 15.4. The monoisotopic (exact) mass is 435 g/mol. The first-order chi connectivity index (χ1) is 14.8. The highest BCUT2D eigenvalue weighted by molar-refractivity contribution is 6.02. The number of para-hydroxylation sites is 1. The van der Waals surface area contributed by atoms with Crippen molar-refractivity contribution in [2.75, 3.05) is 11.9 Å². The molecule has 0 spiro atoms. The van der Waals surface area contributed by atoms with Crippen molar-refractivity contribution < 1.29 is 27.9 Å². The molecule has 2 aromatic rings. The molecule has 1 saturated carbocycles. The lowest BCUT2D eigenvalue weighted by molar-refractivity contribution is -0.137. The quantitative estimate of drug-likeness (QED) is 0.535. The van der Waals surface area contributed by atoms with Gasteiger partial charge in [-0.2, -0.15) is 13.2 Å². The Morgan fingerprint density at radius 2 is 1.77 bits per heavy atom. The van der Waals surface area contributed by atoms with E-state index >= 15 is 0 Å². The molecule has 1 atom stereocenters. The lowest BCUT2D eigenvalue weighted by Crippen LogP contribution is -2.51. The van der Waals surface area contributed by atoms with Gasteiger partial charge in [0.1, 0.15) is 6.04 Å². The van der Waals surface area contributed by atoms with E-state index in [1.807, 2.05) is 0 Å². The average molecular weight is 435 g/mol. The van der Waals surface area contributed by atoms with Gasteiger partial charge in [-0.25, -0.2) is 0 Å². The molecular weight excluding hydrogens is 411 g/mol. The fraction of sp³-hybridized carbons (Fsp3) is 0.364. The van der Waals surface area contributed by atoms with Crippen LogP contribution in [0.4, 0.5) is 24.5 Å². The Morgan fingerprint density at radius 3 is 2.45 bits per heavy atom. The number of anilines is 2. The maximum atomic E-state index is 13.0. The Labute approximate surface area is 177 Å². The summed E-state index contributed by atoms with van der Waals surface area (Å²) in [7, 11) is 0. The molecule has 6 nitrogen and oxygen atoms in total. The van der Waals surface area contributed by atoms with Crippen molar-refractivity contribution >= 4 is 23.2 Å². The Morgan fingerprint density at radius 1 is 1.06 bits per heavy atom. The number of aliphatic hydroxyl groups excluding tert-OH is 1. The number of hydrogen-bond donors (Lipinski definition) is 4. The van der Waals surface area contributed by atoms with Crippen LogP contribution >= 0.6 is 0 Å². The van der Waals surface area contributed by atoms with Crippen LogP contribution in [0.5, 0.6) is 0 Å². The maximum Gasteiger partial charge on any atom is 0.416 e. The van der Waals surface area contributed by atoms with Crippen molar-refractivity contribution in [2.24, 2.45) is 0 Å². The van der Waals surface area contributed by atoms with Gasteiger partial charge in [0.25, 0.3) is 5.91 Å². The molecule has 1 aliphatic rings. The summed E-state index contributed by atoms with van der Waals surface area (Å²) in [5.74, 6) is -1.10. The zero-order valence-electron chi connectivity index (χ0n) is 16.7. The van der Waals surface area contributed by atoms with Crippen molar-refractivity contribution in [3.05, 3.63) is 59.7 Å². The molecule has 2 amide bonds. The van der Waals surface area contributed by atoms with E-state index in [1.165, 1.54) is 18.2 Å². The number of amides is 2. The predicted octanol–water partition coefficient (Wildman–Crippen LogP) is 3.60. The Balaban J connectivity index is 1.73. The number of alkyl halides is 3. The molecule has 0 radical (unpaired) electrons. The minimum atomic E-state index is -4.49. The van der Waals surface area contributed by atoms with E-state index in [-0.39, 0.29) is 23.0 Å². The van der Waals surface area contributed by atoms with Crippen LogP contribution < -0.4 is 16.0 Å². The third-order valence-electron chi connectivity index (χ3n) is 5.15. The van der Waals surface area contributed by atoms with Gasteiger partial charge in [0, 0.05) is 11.7 Å². The van der Waals surface area contributed by atoms with Crippen molar-refractivity contribution in [1.29, 1.82) is 0 Å². The summed E-state index contributed by atoms with van der Waals surface area (Å²) >= 11 is 0. The minimum Gasteiger partial charge on any atom is -0.394 e. The zero-order chi connectivity index (χ0) is 22.4. The van der Waals surface area contributed by atoms with Crippen LogP contribution in [-0.4, -0.2) is 35.6 Å². The topological polar surface area (TPSA) is 90.5 Å². The average Bonchev–Trinajstić information content (AvgIpc) is 3.24. The molecule has 0 bridgehead atoms. The third-order valence-corrected chi connectivity index (χ3v) is 5.15. The highest BCUT2D eigenvalue weighted by atomic mass is 19.4. The molecule has 0 heterocycles. The second-order valence-corrected chi connectivity index (χ2v) is 7.45. The number of carbonyl (C=O) groups excluding carboxylic acids is 2. The van der Waals surface area contributed by atoms with Crippen molar-refractivity contribution in [1.82, 2.24) is 10.6 Å². The summed E-state index contributed by atoms with van der Waals surface area (Å²) in [4.78, 5) is 25.2. The second-order valence-electron chi connectivity index (χ2n) is 7.45. The van der Waals surface area contributed by atoms with Crippen molar-refractivity contribution in [3.63, 3.8) is 0 Å². The summed E-state index contributed by atoms with van der Waals surface area (Å²) in [6.07, 6.45) is -0.718. The van der Waals surface area contributed by atoms with E-state index in [2.05, 4.69) is 16.0 Å².